The van der Waals surface area contributed by atoms with Crippen LogP contribution in [0.25, 0.3) is 0 Å². The summed E-state index contributed by atoms with van der Waals surface area (Å²) in [5.74, 6) is 0.193. The molecule has 0 fully saturated rings. The van der Waals surface area contributed by atoms with Crippen molar-refractivity contribution >= 4 is 5.96 Å². The average Bonchev–Trinajstić information content (AvgIpc) is 1.89. The Morgan fingerprint density at radius 2 is 1.64 bits per heavy atom. The summed E-state index contributed by atoms with van der Waals surface area (Å²) in [6.07, 6.45) is 3.45. The van der Waals surface area contributed by atoms with Crippen molar-refractivity contribution in [3.05, 3.63) is 0 Å². The Kier molecular flexibility index (Phi) is 14.1. The van der Waals surface area contributed by atoms with Gasteiger partial charge in [-0.25, -0.2) is 0 Å². The molecule has 4 N–H and O–H groups in total. The number of nitrogens with two attached hydrogens (primary N) is 2. The SMILES string of the molecule is CCC.CCCCN=C(N)N. The summed E-state index contributed by atoms with van der Waals surface area (Å²) in [6, 6.07) is 0. The summed E-state index contributed by atoms with van der Waals surface area (Å²) < 4.78 is 0. The quantitative estimate of drug-likeness (QED) is 0.372. The van der Waals surface area contributed by atoms with E-state index in [9.17, 15) is 0 Å². The maximum atomic E-state index is 5.06. The van der Waals surface area contributed by atoms with Gasteiger partial charge in [0.25, 0.3) is 0 Å². The highest BCUT2D eigenvalue weighted by Gasteiger charge is 1.79. The number of hydrogen-bond donors (Lipinski definition) is 2. The van der Waals surface area contributed by atoms with Gasteiger partial charge in [-0.05, 0) is 6.42 Å². The minimum absolute atomic E-state index is 0.193. The normalized spacial score (nSPS) is 7.91. The molecule has 0 unspecified atom stereocenters. The van der Waals surface area contributed by atoms with Crippen LogP contribution in [0.1, 0.15) is 40.0 Å². The lowest BCUT2D eigenvalue weighted by Gasteiger charge is -1.89. The minimum Gasteiger partial charge on any atom is -0.370 e. The molecule has 11 heavy (non-hydrogen) atoms. The molecular formula is C8H21N3. The number of nitrogens with zero attached hydrogens (tertiary/aromatic N) is 1. The fourth-order valence-corrected chi connectivity index (χ4v) is 0.366. The monoisotopic (exact) mass is 159 g/mol. The lowest BCUT2D eigenvalue weighted by molar-refractivity contribution is 0.806. The van der Waals surface area contributed by atoms with E-state index in [1.54, 1.807) is 0 Å². The van der Waals surface area contributed by atoms with Crippen LogP contribution < -0.4 is 11.5 Å². The van der Waals surface area contributed by atoms with Crippen molar-refractivity contribution in [2.45, 2.75) is 40.0 Å². The third-order valence-electron chi connectivity index (χ3n) is 0.806. The second-order valence-corrected chi connectivity index (χ2v) is 2.37. The van der Waals surface area contributed by atoms with Gasteiger partial charge in [-0.15, -0.1) is 0 Å². The average molecular weight is 159 g/mol. The van der Waals surface area contributed by atoms with E-state index in [-0.39, 0.29) is 5.96 Å². The first-order valence-electron chi connectivity index (χ1n) is 4.24. The summed E-state index contributed by atoms with van der Waals surface area (Å²) in [7, 11) is 0. The molecule has 0 bridgehead atoms. The molecule has 0 rings (SSSR count). The molecule has 3 heteroatoms. The molecule has 68 valence electrons. The zero-order chi connectivity index (χ0) is 9.11. The molecule has 0 spiro atoms. The second-order valence-electron chi connectivity index (χ2n) is 2.37. The molecule has 0 amide bonds. The molecule has 0 aliphatic heterocycles. The first-order chi connectivity index (χ1) is 5.18. The molecule has 0 saturated heterocycles. The highest BCUT2D eigenvalue weighted by atomic mass is 15.0. The molecule has 0 aromatic heterocycles. The highest BCUT2D eigenvalue weighted by Crippen LogP contribution is 1.84. The lowest BCUT2D eigenvalue weighted by Crippen LogP contribution is -2.22. The van der Waals surface area contributed by atoms with Crippen LogP contribution in [0.3, 0.4) is 0 Å². The van der Waals surface area contributed by atoms with Crippen LogP contribution in [-0.2, 0) is 0 Å². The van der Waals surface area contributed by atoms with Gasteiger partial charge in [0.2, 0.25) is 0 Å². The summed E-state index contributed by atoms with van der Waals surface area (Å²) in [6.45, 7) is 7.11. The molecule has 0 aliphatic carbocycles. The van der Waals surface area contributed by atoms with E-state index in [0.717, 1.165) is 19.4 Å². The van der Waals surface area contributed by atoms with Crippen molar-refractivity contribution in [3.8, 4) is 0 Å². The first-order valence-corrected chi connectivity index (χ1v) is 4.24. The van der Waals surface area contributed by atoms with Gasteiger partial charge in [0.1, 0.15) is 0 Å². The van der Waals surface area contributed by atoms with Crippen LogP contribution in [0.5, 0.6) is 0 Å². The molecular weight excluding hydrogens is 138 g/mol. The predicted molar refractivity (Wildman–Crippen MR) is 51.5 cm³/mol. The number of rotatable bonds is 3. The van der Waals surface area contributed by atoms with Crippen LogP contribution in [0.15, 0.2) is 4.99 Å². The molecule has 3 nitrogen and oxygen atoms in total. The largest absolute Gasteiger partial charge is 0.370 e. The Morgan fingerprint density at radius 1 is 1.18 bits per heavy atom. The Bertz CT molecular complexity index is 85.3. The number of hydrogen-bond acceptors (Lipinski definition) is 1. The maximum absolute atomic E-state index is 5.06. The zero-order valence-electron chi connectivity index (χ0n) is 7.93. The Balaban J connectivity index is 0. The molecule has 0 radical (unpaired) electrons. The summed E-state index contributed by atoms with van der Waals surface area (Å²) in [5.41, 5.74) is 10.1. The standard InChI is InChI=1S/C5H13N3.C3H8/c1-2-3-4-8-5(6)7;1-3-2/h2-4H2,1H3,(H4,6,7,8);3H2,1-2H3. The second kappa shape index (κ2) is 12.0. The summed E-state index contributed by atoms with van der Waals surface area (Å²) >= 11 is 0. The van der Waals surface area contributed by atoms with Crippen LogP contribution in [-0.4, -0.2) is 12.5 Å². The minimum atomic E-state index is 0.193. The van der Waals surface area contributed by atoms with Crippen molar-refractivity contribution in [2.75, 3.05) is 6.54 Å². The third kappa shape index (κ3) is 26.9. The van der Waals surface area contributed by atoms with E-state index < -0.39 is 0 Å². The van der Waals surface area contributed by atoms with E-state index >= 15 is 0 Å². The molecule has 0 heterocycles. The zero-order valence-corrected chi connectivity index (χ0v) is 7.93. The molecule has 0 atom stereocenters. The fourth-order valence-electron chi connectivity index (χ4n) is 0.366. The van der Waals surface area contributed by atoms with Gasteiger partial charge in [0.15, 0.2) is 5.96 Å². The van der Waals surface area contributed by atoms with Crippen molar-refractivity contribution in [3.63, 3.8) is 0 Å². The van der Waals surface area contributed by atoms with Gasteiger partial charge in [-0.3, -0.25) is 4.99 Å². The maximum Gasteiger partial charge on any atom is 0.185 e. The number of guanidine groups is 1. The molecule has 0 saturated carbocycles. The molecule has 0 aromatic carbocycles. The van der Waals surface area contributed by atoms with Crippen LogP contribution >= 0.6 is 0 Å². The van der Waals surface area contributed by atoms with E-state index in [1.165, 1.54) is 6.42 Å². The molecule has 0 aliphatic rings. The number of unbranched alkanes of at least 4 members (excludes halogenated alkanes) is 1. The summed E-state index contributed by atoms with van der Waals surface area (Å²) in [5, 5.41) is 0. The third-order valence-corrected chi connectivity index (χ3v) is 0.806. The van der Waals surface area contributed by atoms with Crippen molar-refractivity contribution in [1.82, 2.24) is 0 Å². The van der Waals surface area contributed by atoms with Gasteiger partial charge in [-0.2, -0.15) is 0 Å². The van der Waals surface area contributed by atoms with Crippen LogP contribution in [0, 0.1) is 0 Å². The fraction of sp³-hybridized carbons (Fsp3) is 0.875. The van der Waals surface area contributed by atoms with Gasteiger partial charge in [-0.1, -0.05) is 33.6 Å². The smallest absolute Gasteiger partial charge is 0.185 e. The van der Waals surface area contributed by atoms with Gasteiger partial charge in [0.05, 0.1) is 0 Å². The molecule has 0 aromatic rings. The van der Waals surface area contributed by atoms with Crippen LogP contribution in [0.2, 0.25) is 0 Å². The van der Waals surface area contributed by atoms with E-state index in [4.69, 9.17) is 11.5 Å². The van der Waals surface area contributed by atoms with Gasteiger partial charge < -0.3 is 11.5 Å². The first kappa shape index (κ1) is 12.9. The van der Waals surface area contributed by atoms with Crippen molar-refractivity contribution in [1.29, 1.82) is 0 Å². The highest BCUT2D eigenvalue weighted by molar-refractivity contribution is 5.75. The predicted octanol–water partition coefficient (Wildman–Crippen LogP) is 1.48. The summed E-state index contributed by atoms with van der Waals surface area (Å²) in [4.78, 5) is 3.79. The van der Waals surface area contributed by atoms with Gasteiger partial charge in [0, 0.05) is 6.54 Å². The topological polar surface area (TPSA) is 64.4 Å². The Morgan fingerprint density at radius 3 is 1.91 bits per heavy atom. The lowest BCUT2D eigenvalue weighted by atomic mass is 10.3. The number of aliphatic imine (C=N–C) groups is 1. The van der Waals surface area contributed by atoms with Crippen molar-refractivity contribution in [2.24, 2.45) is 16.5 Å². The van der Waals surface area contributed by atoms with Crippen molar-refractivity contribution < 1.29 is 0 Å². The van der Waals surface area contributed by atoms with E-state index in [0.29, 0.717) is 0 Å². The Labute approximate surface area is 69.9 Å². The van der Waals surface area contributed by atoms with E-state index in [1.807, 2.05) is 0 Å². The van der Waals surface area contributed by atoms with E-state index in [2.05, 4.69) is 25.8 Å². The Hall–Kier alpha value is -0.730. The van der Waals surface area contributed by atoms with Crippen LogP contribution in [0.4, 0.5) is 0 Å². The van der Waals surface area contributed by atoms with Gasteiger partial charge >= 0.3 is 0 Å².